The molecule has 0 amide bonds. The zero-order valence-electron chi connectivity index (χ0n) is 8.63. The van der Waals surface area contributed by atoms with Crippen molar-refractivity contribution in [3.8, 4) is 0 Å². The van der Waals surface area contributed by atoms with Crippen LogP contribution in [0, 0.1) is 0 Å². The van der Waals surface area contributed by atoms with E-state index in [4.69, 9.17) is 0 Å². The van der Waals surface area contributed by atoms with Gasteiger partial charge in [-0.05, 0) is 37.0 Å². The molecule has 0 aromatic heterocycles. The number of benzene rings is 1. The Hall–Kier alpha value is -0.410. The molecule has 3 heteroatoms. The van der Waals surface area contributed by atoms with E-state index in [0.717, 1.165) is 22.9 Å². The number of aliphatic hydroxyl groups is 1. The Morgan fingerprint density at radius 2 is 2.20 bits per heavy atom. The lowest BCUT2D eigenvalue weighted by Crippen LogP contribution is -2.10. The molecule has 0 saturated heterocycles. The fraction of sp³-hybridized carbons (Fsp3) is 0.500. The second-order valence-electron chi connectivity index (χ2n) is 4.37. The first kappa shape index (κ1) is 11.1. The molecule has 0 radical (unpaired) electrons. The summed E-state index contributed by atoms with van der Waals surface area (Å²) in [4.78, 5) is 0. The van der Waals surface area contributed by atoms with Gasteiger partial charge in [-0.15, -0.1) is 0 Å². The smallest absolute Gasteiger partial charge is 0.123 e. The Balaban J connectivity index is 2.17. The number of rotatable bonds is 3. The summed E-state index contributed by atoms with van der Waals surface area (Å²) < 4.78 is 13.9. The highest BCUT2D eigenvalue weighted by Crippen LogP contribution is 2.39. The first-order chi connectivity index (χ1) is 7.00. The van der Waals surface area contributed by atoms with Gasteiger partial charge in [-0.3, -0.25) is 0 Å². The molecule has 0 spiro atoms. The predicted molar refractivity (Wildman–Crippen MR) is 61.6 cm³/mol. The summed E-state index contributed by atoms with van der Waals surface area (Å²) >= 11 is 3.35. The van der Waals surface area contributed by atoms with Crippen molar-refractivity contribution in [2.75, 3.05) is 0 Å². The van der Waals surface area contributed by atoms with Gasteiger partial charge in [0.15, 0.2) is 0 Å². The lowest BCUT2D eigenvalue weighted by atomic mass is 10.0. The number of hydrogen-bond acceptors (Lipinski definition) is 1. The van der Waals surface area contributed by atoms with Crippen LogP contribution in [-0.4, -0.2) is 10.7 Å². The third-order valence-corrected chi connectivity index (χ3v) is 3.54. The van der Waals surface area contributed by atoms with Crippen LogP contribution in [0.2, 0.25) is 0 Å². The number of hydrogen-bond donors (Lipinski definition) is 1. The first-order valence-electron chi connectivity index (χ1n) is 5.15. The lowest BCUT2D eigenvalue weighted by Gasteiger charge is -2.11. The molecule has 0 aliphatic heterocycles. The maximum Gasteiger partial charge on any atom is 0.123 e. The van der Waals surface area contributed by atoms with Crippen LogP contribution in [0.1, 0.15) is 37.1 Å². The van der Waals surface area contributed by atoms with Crippen molar-refractivity contribution in [2.24, 2.45) is 0 Å². The Morgan fingerprint density at radius 3 is 2.67 bits per heavy atom. The summed E-state index contributed by atoms with van der Waals surface area (Å²) in [6.45, 7) is 1.52. The topological polar surface area (TPSA) is 20.2 Å². The average Bonchev–Trinajstić information content (AvgIpc) is 2.82. The monoisotopic (exact) mass is 272 g/mol. The largest absolute Gasteiger partial charge is 0.390 e. The van der Waals surface area contributed by atoms with Crippen LogP contribution in [0.15, 0.2) is 22.7 Å². The van der Waals surface area contributed by atoms with Crippen LogP contribution in [-0.2, 0) is 6.42 Å². The standard InChI is InChI=1S/C12H14BrFO/c1-8(14)10-3-2-9(6-11(10)13)7-12(15)4-5-12/h2-3,6,8,15H,4-5,7H2,1H3. The lowest BCUT2D eigenvalue weighted by molar-refractivity contribution is 0.151. The molecule has 1 unspecified atom stereocenters. The maximum atomic E-state index is 13.1. The maximum absolute atomic E-state index is 13.1. The van der Waals surface area contributed by atoms with Crippen molar-refractivity contribution in [1.82, 2.24) is 0 Å². The molecular weight excluding hydrogens is 259 g/mol. The third-order valence-electron chi connectivity index (χ3n) is 2.85. The second-order valence-corrected chi connectivity index (χ2v) is 5.23. The quantitative estimate of drug-likeness (QED) is 0.893. The van der Waals surface area contributed by atoms with E-state index in [-0.39, 0.29) is 0 Å². The molecule has 1 N–H and O–H groups in total. The van der Waals surface area contributed by atoms with Crippen molar-refractivity contribution < 1.29 is 9.50 Å². The summed E-state index contributed by atoms with van der Waals surface area (Å²) in [6, 6.07) is 5.59. The van der Waals surface area contributed by atoms with Gasteiger partial charge in [-0.1, -0.05) is 28.1 Å². The van der Waals surface area contributed by atoms with Crippen molar-refractivity contribution in [2.45, 2.75) is 38.0 Å². The van der Waals surface area contributed by atoms with Crippen LogP contribution < -0.4 is 0 Å². The minimum Gasteiger partial charge on any atom is -0.390 e. The molecule has 2 rings (SSSR count). The third kappa shape index (κ3) is 2.58. The van der Waals surface area contributed by atoms with E-state index in [1.807, 2.05) is 12.1 Å². The van der Waals surface area contributed by atoms with Gasteiger partial charge in [0, 0.05) is 10.9 Å². The van der Waals surface area contributed by atoms with Gasteiger partial charge in [0.1, 0.15) is 6.17 Å². The van der Waals surface area contributed by atoms with Gasteiger partial charge >= 0.3 is 0 Å². The van der Waals surface area contributed by atoms with E-state index < -0.39 is 11.8 Å². The highest BCUT2D eigenvalue weighted by molar-refractivity contribution is 9.10. The Bertz CT molecular complexity index is 372. The van der Waals surface area contributed by atoms with Gasteiger partial charge < -0.3 is 5.11 Å². The van der Waals surface area contributed by atoms with Crippen LogP contribution in [0.3, 0.4) is 0 Å². The zero-order chi connectivity index (χ0) is 11.1. The molecule has 1 aromatic rings. The highest BCUT2D eigenvalue weighted by atomic mass is 79.9. The highest BCUT2D eigenvalue weighted by Gasteiger charge is 2.40. The van der Waals surface area contributed by atoms with Crippen molar-refractivity contribution >= 4 is 15.9 Å². The Morgan fingerprint density at radius 1 is 1.53 bits per heavy atom. The molecule has 1 aromatic carbocycles. The van der Waals surface area contributed by atoms with Crippen LogP contribution >= 0.6 is 15.9 Å². The minimum absolute atomic E-state index is 0.484. The van der Waals surface area contributed by atoms with Gasteiger partial charge in [-0.25, -0.2) is 4.39 Å². The van der Waals surface area contributed by atoms with E-state index >= 15 is 0 Å². The summed E-state index contributed by atoms with van der Waals surface area (Å²) in [7, 11) is 0. The molecule has 1 aliphatic carbocycles. The summed E-state index contributed by atoms with van der Waals surface area (Å²) in [5, 5.41) is 9.76. The van der Waals surface area contributed by atoms with Crippen molar-refractivity contribution in [3.05, 3.63) is 33.8 Å². The minimum atomic E-state index is -0.961. The fourth-order valence-electron chi connectivity index (χ4n) is 1.70. The molecule has 0 heterocycles. The predicted octanol–water partition coefficient (Wildman–Crippen LogP) is 3.55. The SMILES string of the molecule is CC(F)c1ccc(CC2(O)CC2)cc1Br. The van der Waals surface area contributed by atoms with E-state index in [0.29, 0.717) is 12.0 Å². The van der Waals surface area contributed by atoms with Crippen LogP contribution in [0.5, 0.6) is 0 Å². The molecule has 1 aliphatic rings. The van der Waals surface area contributed by atoms with Crippen LogP contribution in [0.4, 0.5) is 4.39 Å². The van der Waals surface area contributed by atoms with Gasteiger partial charge in [-0.2, -0.15) is 0 Å². The molecule has 0 bridgehead atoms. The zero-order valence-corrected chi connectivity index (χ0v) is 10.2. The second kappa shape index (κ2) is 3.87. The molecule has 82 valence electrons. The number of halogens is 2. The van der Waals surface area contributed by atoms with E-state index in [9.17, 15) is 9.50 Å². The Kier molecular flexibility index (Phi) is 2.86. The molecule has 15 heavy (non-hydrogen) atoms. The molecular formula is C12H14BrFO. The summed E-state index contributed by atoms with van der Waals surface area (Å²) in [6.07, 6.45) is 1.47. The van der Waals surface area contributed by atoms with Gasteiger partial charge in [0.25, 0.3) is 0 Å². The Labute approximate surface area is 97.4 Å². The van der Waals surface area contributed by atoms with Gasteiger partial charge in [0.05, 0.1) is 5.60 Å². The molecule has 1 nitrogen and oxygen atoms in total. The first-order valence-corrected chi connectivity index (χ1v) is 5.94. The summed E-state index contributed by atoms with van der Waals surface area (Å²) in [5.74, 6) is 0. The van der Waals surface area contributed by atoms with Crippen molar-refractivity contribution in [3.63, 3.8) is 0 Å². The molecule has 1 saturated carbocycles. The summed E-state index contributed by atoms with van der Waals surface area (Å²) in [5.41, 5.74) is 1.25. The normalized spacial score (nSPS) is 20.0. The molecule has 1 atom stereocenters. The van der Waals surface area contributed by atoms with E-state index in [1.54, 1.807) is 6.07 Å². The van der Waals surface area contributed by atoms with Gasteiger partial charge in [0.2, 0.25) is 0 Å². The van der Waals surface area contributed by atoms with E-state index in [2.05, 4.69) is 15.9 Å². The number of alkyl halides is 1. The van der Waals surface area contributed by atoms with E-state index in [1.165, 1.54) is 6.92 Å². The van der Waals surface area contributed by atoms with Crippen LogP contribution in [0.25, 0.3) is 0 Å². The fourth-order valence-corrected chi connectivity index (χ4v) is 2.45. The van der Waals surface area contributed by atoms with Crippen molar-refractivity contribution in [1.29, 1.82) is 0 Å². The average molecular weight is 273 g/mol. The molecule has 1 fully saturated rings.